The first-order valence-electron chi connectivity index (χ1n) is 7.84. The Hall–Kier alpha value is 0.423. The predicted octanol–water partition coefficient (Wildman–Crippen LogP) is 6.72. The summed E-state index contributed by atoms with van der Waals surface area (Å²) >= 11 is -0.495. The molecular formula is C18H28Cl2Zr. The van der Waals surface area contributed by atoms with Gasteiger partial charge in [-0.15, -0.1) is 24.8 Å². The van der Waals surface area contributed by atoms with Gasteiger partial charge in [0.25, 0.3) is 0 Å². The minimum atomic E-state index is -0.495. The van der Waals surface area contributed by atoms with Crippen molar-refractivity contribution in [1.29, 1.82) is 0 Å². The van der Waals surface area contributed by atoms with E-state index in [1.165, 1.54) is 38.5 Å². The maximum absolute atomic E-state index is 2.50. The molecule has 21 heavy (non-hydrogen) atoms. The Kier molecular flexibility index (Phi) is 10.5. The number of rotatable bonds is 6. The third-order valence-corrected chi connectivity index (χ3v) is 8.35. The fourth-order valence-electron chi connectivity index (χ4n) is 3.36. The molecule has 0 atom stereocenters. The van der Waals surface area contributed by atoms with Crippen LogP contribution in [0.5, 0.6) is 0 Å². The van der Waals surface area contributed by atoms with Gasteiger partial charge in [-0.3, -0.25) is 0 Å². The van der Waals surface area contributed by atoms with Crippen LogP contribution in [-0.4, -0.2) is 0 Å². The fraction of sp³-hybridized carbons (Fsp3) is 0.556. The maximum atomic E-state index is 2.50. The van der Waals surface area contributed by atoms with Gasteiger partial charge in [0, 0.05) is 0 Å². The molecule has 118 valence electrons. The molecule has 0 aliphatic heterocycles. The largest absolute Gasteiger partial charge is 0.147 e. The van der Waals surface area contributed by atoms with Crippen LogP contribution in [0.25, 0.3) is 0 Å². The fourth-order valence-corrected chi connectivity index (χ4v) is 7.66. The van der Waals surface area contributed by atoms with Crippen LogP contribution >= 0.6 is 24.8 Å². The van der Waals surface area contributed by atoms with Gasteiger partial charge in [0.1, 0.15) is 0 Å². The van der Waals surface area contributed by atoms with E-state index < -0.39 is 23.2 Å². The molecule has 2 aliphatic rings. The Labute approximate surface area is 154 Å². The summed E-state index contributed by atoms with van der Waals surface area (Å²) in [6.07, 6.45) is 12.5. The Morgan fingerprint density at radius 3 is 1.38 bits per heavy atom. The van der Waals surface area contributed by atoms with E-state index in [0.29, 0.717) is 0 Å². The Balaban J connectivity index is 0.00000200. The zero-order chi connectivity index (χ0) is 13.8. The van der Waals surface area contributed by atoms with Crippen LogP contribution in [-0.2, 0) is 23.2 Å². The second-order valence-corrected chi connectivity index (χ2v) is 8.90. The minimum Gasteiger partial charge on any atom is -0.147 e. The minimum absolute atomic E-state index is 0. The van der Waals surface area contributed by atoms with Crippen LogP contribution in [0, 0.1) is 0 Å². The summed E-state index contributed by atoms with van der Waals surface area (Å²) < 4.78 is 3.74. The average molecular weight is 407 g/mol. The number of hydrogen-bond donors (Lipinski definition) is 0. The maximum Gasteiger partial charge on any atom is -0.147 e. The summed E-state index contributed by atoms with van der Waals surface area (Å²) in [5.41, 5.74) is 6.78. The van der Waals surface area contributed by atoms with E-state index in [-0.39, 0.29) is 24.8 Å². The van der Waals surface area contributed by atoms with Gasteiger partial charge in [0.05, 0.1) is 0 Å². The van der Waals surface area contributed by atoms with Gasteiger partial charge in [0.2, 0.25) is 0 Å². The summed E-state index contributed by atoms with van der Waals surface area (Å²) in [5.74, 6) is 0. The molecule has 0 aromatic heterocycles. The first kappa shape index (κ1) is 21.4. The molecule has 0 bridgehead atoms. The van der Waals surface area contributed by atoms with Crippen molar-refractivity contribution in [3.63, 3.8) is 0 Å². The number of hydrogen-bond acceptors (Lipinski definition) is 0. The van der Waals surface area contributed by atoms with Crippen molar-refractivity contribution in [3.8, 4) is 0 Å². The molecule has 0 fully saturated rings. The molecule has 0 aromatic carbocycles. The van der Waals surface area contributed by atoms with Crippen molar-refractivity contribution in [1.82, 2.24) is 0 Å². The van der Waals surface area contributed by atoms with Crippen molar-refractivity contribution in [2.45, 2.75) is 66.2 Å². The molecule has 0 spiro atoms. The smallest absolute Gasteiger partial charge is 0.147 e. The molecule has 2 aliphatic carbocycles. The summed E-state index contributed by atoms with van der Waals surface area (Å²) in [4.78, 5) is 0. The van der Waals surface area contributed by atoms with E-state index in [4.69, 9.17) is 0 Å². The molecule has 0 radical (unpaired) electrons. The number of allylic oxidation sites excluding steroid dienone is 8. The van der Waals surface area contributed by atoms with E-state index >= 15 is 0 Å². The van der Waals surface area contributed by atoms with Crippen LogP contribution < -0.4 is 0 Å². The number of halogens is 2. The molecule has 0 amide bonds. The van der Waals surface area contributed by atoms with Gasteiger partial charge in [0.15, 0.2) is 0 Å². The summed E-state index contributed by atoms with van der Waals surface area (Å²) in [6.45, 7) is 9.28. The second kappa shape index (κ2) is 10.2. The second-order valence-electron chi connectivity index (χ2n) is 5.32. The van der Waals surface area contributed by atoms with E-state index in [1.54, 1.807) is 22.3 Å². The van der Waals surface area contributed by atoms with Gasteiger partial charge in [-0.05, 0) is 0 Å². The zero-order valence-corrected chi connectivity index (χ0v) is 17.8. The van der Waals surface area contributed by atoms with Crippen molar-refractivity contribution in [2.24, 2.45) is 0 Å². The average Bonchev–Trinajstić information content (AvgIpc) is 3.01. The standard InChI is InChI=1S/2C9H13.2ClH.Zr/c2*1-3-8-6-5-7-9(8)4-2;;;/h2*6H,3-5H2,1-2H3;2*1H;. The topological polar surface area (TPSA) is 0 Å². The third kappa shape index (κ3) is 4.70. The van der Waals surface area contributed by atoms with Gasteiger partial charge in [-0.1, -0.05) is 0 Å². The summed E-state index contributed by atoms with van der Waals surface area (Å²) in [7, 11) is 0. The van der Waals surface area contributed by atoms with Gasteiger partial charge < -0.3 is 0 Å². The van der Waals surface area contributed by atoms with Gasteiger partial charge >= 0.3 is 130 Å². The van der Waals surface area contributed by atoms with Crippen LogP contribution in [0.15, 0.2) is 41.0 Å². The summed E-state index contributed by atoms with van der Waals surface area (Å²) in [6, 6.07) is 0. The molecule has 0 unspecified atom stereocenters. The van der Waals surface area contributed by atoms with Gasteiger partial charge in [-0.2, -0.15) is 0 Å². The van der Waals surface area contributed by atoms with E-state index in [0.717, 1.165) is 0 Å². The van der Waals surface area contributed by atoms with Crippen LogP contribution in [0.3, 0.4) is 0 Å². The van der Waals surface area contributed by atoms with Gasteiger partial charge in [-0.25, -0.2) is 0 Å². The first-order valence-corrected chi connectivity index (χ1v) is 10.3. The molecule has 2 rings (SSSR count). The molecular weight excluding hydrogens is 378 g/mol. The molecule has 0 saturated carbocycles. The SMILES string of the molecule is CCC1=CC[C]([Zr][C]2=C(CC)C(CC)=CC2)=C1CC.Cl.Cl. The van der Waals surface area contributed by atoms with E-state index in [2.05, 4.69) is 39.8 Å². The van der Waals surface area contributed by atoms with Crippen molar-refractivity contribution in [2.75, 3.05) is 0 Å². The molecule has 3 heteroatoms. The zero-order valence-electron chi connectivity index (χ0n) is 13.7. The quantitative estimate of drug-likeness (QED) is 0.459. The monoisotopic (exact) mass is 404 g/mol. The Morgan fingerprint density at radius 2 is 1.10 bits per heavy atom. The van der Waals surface area contributed by atoms with E-state index in [1.807, 2.05) is 6.56 Å². The first-order chi connectivity index (χ1) is 9.24. The van der Waals surface area contributed by atoms with Crippen molar-refractivity contribution in [3.05, 3.63) is 41.0 Å². The summed E-state index contributed by atoms with van der Waals surface area (Å²) in [5, 5.41) is 0. The molecule has 0 nitrogen and oxygen atoms in total. The predicted molar refractivity (Wildman–Crippen MR) is 95.1 cm³/mol. The molecule has 0 heterocycles. The molecule has 0 aromatic rings. The third-order valence-electron chi connectivity index (χ3n) is 4.38. The molecule has 0 saturated heterocycles. The Bertz CT molecular complexity index is 437. The normalized spacial score (nSPS) is 17.3. The van der Waals surface area contributed by atoms with E-state index in [9.17, 15) is 0 Å². The van der Waals surface area contributed by atoms with Crippen LogP contribution in [0.1, 0.15) is 66.2 Å². The van der Waals surface area contributed by atoms with Crippen LogP contribution in [0.2, 0.25) is 0 Å². The Morgan fingerprint density at radius 1 is 0.714 bits per heavy atom. The van der Waals surface area contributed by atoms with Crippen LogP contribution in [0.4, 0.5) is 0 Å². The van der Waals surface area contributed by atoms with Crippen molar-refractivity contribution >= 4 is 24.8 Å². The molecule has 0 N–H and O–H groups in total. The van der Waals surface area contributed by atoms with Crippen molar-refractivity contribution < 1.29 is 23.2 Å².